The molecule has 4 rings (SSSR count). The van der Waals surface area contributed by atoms with Gasteiger partial charge in [0.25, 0.3) is 0 Å². The van der Waals surface area contributed by atoms with Crippen molar-refractivity contribution < 1.29 is 4.79 Å². The highest BCUT2D eigenvalue weighted by Crippen LogP contribution is 2.30. The molecule has 1 amide bonds. The van der Waals surface area contributed by atoms with Gasteiger partial charge < -0.3 is 4.90 Å². The van der Waals surface area contributed by atoms with Crippen molar-refractivity contribution in [2.24, 2.45) is 5.92 Å². The van der Waals surface area contributed by atoms with E-state index >= 15 is 0 Å². The van der Waals surface area contributed by atoms with Crippen molar-refractivity contribution in [1.82, 2.24) is 30.0 Å². The number of nitrogens with zero attached hydrogens (tertiary/aromatic N) is 6. The fourth-order valence-corrected chi connectivity index (χ4v) is 4.79. The maximum absolute atomic E-state index is 12.1. The van der Waals surface area contributed by atoms with E-state index in [2.05, 4.69) is 25.3 Å². The van der Waals surface area contributed by atoms with Gasteiger partial charge >= 0.3 is 0 Å². The zero-order valence-corrected chi connectivity index (χ0v) is 16.7. The summed E-state index contributed by atoms with van der Waals surface area (Å²) in [6, 6.07) is 10.5. The van der Waals surface area contributed by atoms with Crippen molar-refractivity contribution in [2.45, 2.75) is 58.0 Å². The van der Waals surface area contributed by atoms with Gasteiger partial charge in [-0.15, -0.1) is 5.10 Å². The lowest BCUT2D eigenvalue weighted by molar-refractivity contribution is -0.132. The number of aromatic nitrogens is 4. The molecule has 2 aromatic rings. The molecule has 0 N–H and O–H groups in total. The fourth-order valence-electron chi connectivity index (χ4n) is 4.79. The van der Waals surface area contributed by atoms with Crippen LogP contribution in [0.2, 0.25) is 0 Å². The topological polar surface area (TPSA) is 67.2 Å². The largest absolute Gasteiger partial charge is 0.340 e. The summed E-state index contributed by atoms with van der Waals surface area (Å²) in [6.45, 7) is 5.50. The standard InChI is InChI=1S/C21H30N6O/c1-17(28)26-13-7-3-6-10-20(26)18-11-14-25(15-12-18)16-21-22-23-24-27(21)19-8-4-2-5-9-19/h2,4-5,8-9,18,20H,3,6-7,10-16H2,1H3. The molecule has 7 nitrogen and oxygen atoms in total. The number of hydrogen-bond donors (Lipinski definition) is 0. The number of carbonyl (C=O) groups excluding carboxylic acids is 1. The van der Waals surface area contributed by atoms with Gasteiger partial charge in [0.15, 0.2) is 5.82 Å². The number of tetrazole rings is 1. The summed E-state index contributed by atoms with van der Waals surface area (Å²) >= 11 is 0. The smallest absolute Gasteiger partial charge is 0.219 e. The van der Waals surface area contributed by atoms with Crippen LogP contribution in [0.3, 0.4) is 0 Å². The summed E-state index contributed by atoms with van der Waals surface area (Å²) < 4.78 is 1.83. The average molecular weight is 383 g/mol. The van der Waals surface area contributed by atoms with Crippen LogP contribution in [0, 0.1) is 5.92 Å². The van der Waals surface area contributed by atoms with Crippen LogP contribution in [-0.2, 0) is 11.3 Å². The summed E-state index contributed by atoms with van der Waals surface area (Å²) in [5.74, 6) is 1.74. The van der Waals surface area contributed by atoms with Gasteiger partial charge in [-0.3, -0.25) is 9.69 Å². The van der Waals surface area contributed by atoms with E-state index in [4.69, 9.17) is 0 Å². The zero-order chi connectivity index (χ0) is 19.3. The molecule has 2 aliphatic heterocycles. The van der Waals surface area contributed by atoms with Crippen molar-refractivity contribution in [3.63, 3.8) is 0 Å². The average Bonchev–Trinajstić information content (AvgIpc) is 3.03. The summed E-state index contributed by atoms with van der Waals surface area (Å²) in [5, 5.41) is 12.3. The maximum Gasteiger partial charge on any atom is 0.219 e. The summed E-state index contributed by atoms with van der Waals surface area (Å²) in [4.78, 5) is 16.7. The highest BCUT2D eigenvalue weighted by atomic mass is 16.2. The van der Waals surface area contributed by atoms with Gasteiger partial charge in [0.05, 0.1) is 12.2 Å². The third-order valence-electron chi connectivity index (χ3n) is 6.28. The minimum Gasteiger partial charge on any atom is -0.340 e. The number of hydrogen-bond acceptors (Lipinski definition) is 5. The number of benzene rings is 1. The second-order valence-corrected chi connectivity index (χ2v) is 8.09. The molecule has 2 aliphatic rings. The quantitative estimate of drug-likeness (QED) is 0.813. The lowest BCUT2D eigenvalue weighted by Gasteiger charge is -2.40. The van der Waals surface area contributed by atoms with E-state index in [0.29, 0.717) is 12.0 Å². The van der Waals surface area contributed by atoms with Crippen LogP contribution in [0.1, 0.15) is 51.3 Å². The van der Waals surface area contributed by atoms with Crippen LogP contribution >= 0.6 is 0 Å². The Kier molecular flexibility index (Phi) is 6.00. The zero-order valence-electron chi connectivity index (χ0n) is 16.7. The molecule has 0 spiro atoms. The molecule has 1 atom stereocenters. The second-order valence-electron chi connectivity index (χ2n) is 8.09. The fraction of sp³-hybridized carbons (Fsp3) is 0.619. The van der Waals surface area contributed by atoms with E-state index in [0.717, 1.165) is 63.4 Å². The number of carbonyl (C=O) groups is 1. The van der Waals surface area contributed by atoms with Gasteiger partial charge in [0.2, 0.25) is 5.91 Å². The van der Waals surface area contributed by atoms with Crippen molar-refractivity contribution in [3.05, 3.63) is 36.2 Å². The molecule has 2 fully saturated rings. The number of likely N-dealkylation sites (tertiary alicyclic amines) is 2. The molecular formula is C21H30N6O. The summed E-state index contributed by atoms with van der Waals surface area (Å²) in [5.41, 5.74) is 0.993. The number of para-hydroxylation sites is 1. The normalized spacial score (nSPS) is 22.2. The molecule has 7 heteroatoms. The van der Waals surface area contributed by atoms with Crippen LogP contribution in [0.4, 0.5) is 0 Å². The van der Waals surface area contributed by atoms with Crippen LogP contribution in [0.15, 0.2) is 30.3 Å². The molecule has 1 aromatic heterocycles. The lowest BCUT2D eigenvalue weighted by Crippen LogP contribution is -2.47. The summed E-state index contributed by atoms with van der Waals surface area (Å²) in [7, 11) is 0. The van der Waals surface area contributed by atoms with Gasteiger partial charge in [0, 0.05) is 19.5 Å². The van der Waals surface area contributed by atoms with Crippen LogP contribution in [0.5, 0.6) is 0 Å². The van der Waals surface area contributed by atoms with Crippen LogP contribution in [-0.4, -0.2) is 61.6 Å². The Labute approximate surface area is 166 Å². The van der Waals surface area contributed by atoms with E-state index in [9.17, 15) is 4.79 Å². The first-order valence-electron chi connectivity index (χ1n) is 10.5. The van der Waals surface area contributed by atoms with E-state index in [1.165, 1.54) is 12.8 Å². The first-order chi connectivity index (χ1) is 13.7. The molecule has 0 aliphatic carbocycles. The van der Waals surface area contributed by atoms with Gasteiger partial charge in [0.1, 0.15) is 0 Å². The van der Waals surface area contributed by atoms with E-state index in [1.807, 2.05) is 35.0 Å². The van der Waals surface area contributed by atoms with Gasteiger partial charge in [-0.05, 0) is 67.3 Å². The first-order valence-corrected chi connectivity index (χ1v) is 10.5. The highest BCUT2D eigenvalue weighted by Gasteiger charge is 2.33. The van der Waals surface area contributed by atoms with Gasteiger partial charge in [-0.1, -0.05) is 31.0 Å². The van der Waals surface area contributed by atoms with Crippen molar-refractivity contribution >= 4 is 5.91 Å². The number of rotatable bonds is 4. The minimum absolute atomic E-state index is 0.247. The second kappa shape index (κ2) is 8.82. The SMILES string of the molecule is CC(=O)N1CCCCCC1C1CCN(Cc2nnnn2-c2ccccc2)CC1. The molecular weight excluding hydrogens is 352 g/mol. The predicted octanol–water partition coefficient (Wildman–Crippen LogP) is 2.67. The van der Waals surface area contributed by atoms with Crippen molar-refractivity contribution in [1.29, 1.82) is 0 Å². The Morgan fingerprint density at radius 1 is 1.04 bits per heavy atom. The van der Waals surface area contributed by atoms with E-state index in [-0.39, 0.29) is 5.91 Å². The molecule has 3 heterocycles. The molecule has 1 unspecified atom stereocenters. The molecule has 1 aromatic carbocycles. The van der Waals surface area contributed by atoms with Crippen molar-refractivity contribution in [2.75, 3.05) is 19.6 Å². The van der Waals surface area contributed by atoms with Crippen LogP contribution in [0.25, 0.3) is 5.69 Å². The Morgan fingerprint density at radius 3 is 2.57 bits per heavy atom. The molecule has 0 bridgehead atoms. The maximum atomic E-state index is 12.1. The monoisotopic (exact) mass is 382 g/mol. The molecule has 0 radical (unpaired) electrons. The van der Waals surface area contributed by atoms with Gasteiger partial charge in [-0.2, -0.15) is 4.68 Å². The summed E-state index contributed by atoms with van der Waals surface area (Å²) in [6.07, 6.45) is 7.10. The third kappa shape index (κ3) is 4.24. The molecule has 150 valence electrons. The number of piperidine rings is 1. The Balaban J connectivity index is 1.37. The highest BCUT2D eigenvalue weighted by molar-refractivity contribution is 5.73. The van der Waals surface area contributed by atoms with Gasteiger partial charge in [-0.25, -0.2) is 0 Å². The molecule has 0 saturated carbocycles. The Bertz CT molecular complexity index is 768. The first kappa shape index (κ1) is 19.1. The van der Waals surface area contributed by atoms with Crippen molar-refractivity contribution in [3.8, 4) is 5.69 Å². The Morgan fingerprint density at radius 2 is 1.82 bits per heavy atom. The third-order valence-corrected chi connectivity index (χ3v) is 6.28. The minimum atomic E-state index is 0.247. The molecule has 2 saturated heterocycles. The lowest BCUT2D eigenvalue weighted by atomic mass is 9.86. The van der Waals surface area contributed by atoms with E-state index in [1.54, 1.807) is 6.92 Å². The Hall–Kier alpha value is -2.28. The number of amides is 1. The van der Waals surface area contributed by atoms with Crippen LogP contribution < -0.4 is 0 Å². The predicted molar refractivity (Wildman–Crippen MR) is 107 cm³/mol. The van der Waals surface area contributed by atoms with E-state index < -0.39 is 0 Å². The molecule has 28 heavy (non-hydrogen) atoms.